The summed E-state index contributed by atoms with van der Waals surface area (Å²) in [5.41, 5.74) is -5.87. The first-order valence-corrected chi connectivity index (χ1v) is 6.46. The van der Waals surface area contributed by atoms with Crippen LogP contribution in [0.15, 0.2) is 34.2 Å². The van der Waals surface area contributed by atoms with Gasteiger partial charge in [-0.2, -0.15) is 26.3 Å². The minimum Gasteiger partial charge on any atom is -0.307 e. The minimum absolute atomic E-state index is 0.329. The molecule has 0 amide bonds. The molecule has 12 heteroatoms. The Morgan fingerprint density at radius 2 is 1.64 bits per heavy atom. The molecule has 0 atom stereocenters. The van der Waals surface area contributed by atoms with Crippen molar-refractivity contribution < 1.29 is 26.3 Å². The van der Waals surface area contributed by atoms with Crippen LogP contribution in [0.4, 0.5) is 26.3 Å². The number of hydrogen-bond donors (Lipinski definition) is 2. The van der Waals surface area contributed by atoms with E-state index < -0.39 is 46.1 Å². The molecule has 0 aliphatic carbocycles. The zero-order valence-corrected chi connectivity index (χ0v) is 11.8. The molecule has 0 saturated heterocycles. The number of hydrogen-bond acceptors (Lipinski definition) is 3. The molecule has 0 unspecified atom stereocenters. The number of benzene rings is 1. The quantitative estimate of drug-likeness (QED) is 0.651. The molecule has 3 aromatic rings. The van der Waals surface area contributed by atoms with Gasteiger partial charge >= 0.3 is 18.0 Å². The second kappa shape index (κ2) is 5.22. The summed E-state index contributed by atoms with van der Waals surface area (Å²) >= 11 is 0. The van der Waals surface area contributed by atoms with Gasteiger partial charge in [0.15, 0.2) is 5.69 Å². The lowest BCUT2D eigenvalue weighted by molar-refractivity contribution is -0.140. The molecule has 0 saturated carbocycles. The van der Waals surface area contributed by atoms with E-state index in [4.69, 9.17) is 0 Å². The summed E-state index contributed by atoms with van der Waals surface area (Å²) in [6.45, 7) is 0. The summed E-state index contributed by atoms with van der Waals surface area (Å²) in [6.07, 6.45) is -8.87. The number of halogens is 6. The molecule has 132 valence electrons. The van der Waals surface area contributed by atoms with E-state index >= 15 is 0 Å². The van der Waals surface area contributed by atoms with Gasteiger partial charge in [-0.3, -0.25) is 9.78 Å². The normalized spacial score (nSPS) is 12.7. The highest BCUT2D eigenvalue weighted by atomic mass is 19.4. The Balaban J connectivity index is 2.34. The van der Waals surface area contributed by atoms with Crippen LogP contribution in [-0.4, -0.2) is 19.5 Å². The Morgan fingerprint density at radius 1 is 0.960 bits per heavy atom. The number of imidazole rings is 1. The summed E-state index contributed by atoms with van der Waals surface area (Å²) in [6, 6.07) is 1.21. The summed E-state index contributed by atoms with van der Waals surface area (Å²) in [5.74, 6) is 0. The highest BCUT2D eigenvalue weighted by molar-refractivity contribution is 5.81. The number of aromatic amines is 2. The average molecular weight is 364 g/mol. The number of nitrogens with one attached hydrogen (secondary N) is 2. The van der Waals surface area contributed by atoms with E-state index in [2.05, 4.69) is 4.98 Å². The molecule has 0 spiro atoms. The highest BCUT2D eigenvalue weighted by Gasteiger charge is 2.37. The molecule has 2 aromatic heterocycles. The number of nitrogens with zero attached hydrogens (tertiary/aromatic N) is 2. The van der Waals surface area contributed by atoms with Crippen LogP contribution in [0.25, 0.3) is 16.6 Å². The van der Waals surface area contributed by atoms with Crippen LogP contribution in [0, 0.1) is 0 Å². The first kappa shape index (κ1) is 16.8. The van der Waals surface area contributed by atoms with E-state index in [1.165, 1.54) is 0 Å². The summed E-state index contributed by atoms with van der Waals surface area (Å²) in [5, 5.41) is -0.329. The van der Waals surface area contributed by atoms with Gasteiger partial charge in [-0.1, -0.05) is 0 Å². The van der Waals surface area contributed by atoms with E-state index in [1.807, 2.05) is 9.97 Å². The summed E-state index contributed by atoms with van der Waals surface area (Å²) < 4.78 is 78.2. The molecule has 2 N–H and O–H groups in total. The third-order valence-electron chi connectivity index (χ3n) is 3.31. The van der Waals surface area contributed by atoms with Crippen molar-refractivity contribution in [2.24, 2.45) is 0 Å². The molecule has 0 aliphatic heterocycles. The Morgan fingerprint density at radius 3 is 2.20 bits per heavy atom. The number of H-pyrrole nitrogens is 2. The van der Waals surface area contributed by atoms with E-state index in [0.717, 1.165) is 6.07 Å². The van der Waals surface area contributed by atoms with Crippen LogP contribution in [0.3, 0.4) is 0 Å². The smallest absolute Gasteiger partial charge is 0.307 e. The predicted octanol–water partition coefficient (Wildman–Crippen LogP) is 2.44. The molecule has 6 nitrogen and oxygen atoms in total. The standard InChI is InChI=1S/C13H6F6N4O2/c14-12(15,16)6-2-7-5(10(24)22-11(25)21-7)1-8(6)23-3-9(20-4-23)13(17,18)19/h1-4H,(H2,21,22,24,25). The van der Waals surface area contributed by atoms with E-state index in [1.54, 1.807) is 0 Å². The number of aromatic nitrogens is 4. The molecule has 1 aromatic carbocycles. The molecule has 3 rings (SSSR count). The molecule has 0 bridgehead atoms. The van der Waals surface area contributed by atoms with Crippen molar-refractivity contribution in [1.82, 2.24) is 19.5 Å². The lowest BCUT2D eigenvalue weighted by Gasteiger charge is -2.14. The van der Waals surface area contributed by atoms with Crippen LogP contribution in [-0.2, 0) is 12.4 Å². The van der Waals surface area contributed by atoms with Crippen LogP contribution >= 0.6 is 0 Å². The Labute approximate surface area is 132 Å². The van der Waals surface area contributed by atoms with Gasteiger partial charge in [-0.05, 0) is 12.1 Å². The summed E-state index contributed by atoms with van der Waals surface area (Å²) in [4.78, 5) is 29.8. The number of rotatable bonds is 1. The molecular formula is C13H6F6N4O2. The van der Waals surface area contributed by atoms with E-state index in [9.17, 15) is 35.9 Å². The maximum absolute atomic E-state index is 13.3. The van der Waals surface area contributed by atoms with Gasteiger partial charge in [0.25, 0.3) is 5.56 Å². The van der Waals surface area contributed by atoms with Crippen molar-refractivity contribution in [1.29, 1.82) is 0 Å². The Hall–Kier alpha value is -3.05. The highest BCUT2D eigenvalue weighted by Crippen LogP contribution is 2.36. The van der Waals surface area contributed by atoms with Gasteiger partial charge in [0.1, 0.15) is 0 Å². The topological polar surface area (TPSA) is 83.5 Å². The predicted molar refractivity (Wildman–Crippen MR) is 72.3 cm³/mol. The first-order valence-electron chi connectivity index (χ1n) is 6.46. The molecule has 25 heavy (non-hydrogen) atoms. The molecule has 0 radical (unpaired) electrons. The second-order valence-corrected chi connectivity index (χ2v) is 4.98. The third-order valence-corrected chi connectivity index (χ3v) is 3.31. The lowest BCUT2D eigenvalue weighted by atomic mass is 10.1. The van der Waals surface area contributed by atoms with Crippen molar-refractivity contribution in [3.05, 3.63) is 56.8 Å². The minimum atomic E-state index is -4.95. The van der Waals surface area contributed by atoms with Crippen LogP contribution in [0.5, 0.6) is 0 Å². The molecule has 0 fully saturated rings. The van der Waals surface area contributed by atoms with Crippen molar-refractivity contribution >= 4 is 10.9 Å². The second-order valence-electron chi connectivity index (χ2n) is 4.98. The van der Waals surface area contributed by atoms with Gasteiger partial charge < -0.3 is 9.55 Å². The molecule has 2 heterocycles. The SMILES string of the molecule is O=c1[nH]c(=O)c2cc(-n3cnc(C(F)(F)F)c3)c(C(F)(F)F)cc2[nH]1. The Bertz CT molecular complexity index is 1070. The van der Waals surface area contributed by atoms with Gasteiger partial charge in [-0.15, -0.1) is 0 Å². The third kappa shape index (κ3) is 3.02. The monoisotopic (exact) mass is 364 g/mol. The van der Waals surface area contributed by atoms with Crippen molar-refractivity contribution in [2.75, 3.05) is 0 Å². The molecular weight excluding hydrogens is 358 g/mol. The van der Waals surface area contributed by atoms with Crippen molar-refractivity contribution in [2.45, 2.75) is 12.4 Å². The summed E-state index contributed by atoms with van der Waals surface area (Å²) in [7, 11) is 0. The maximum atomic E-state index is 13.3. The lowest BCUT2D eigenvalue weighted by Crippen LogP contribution is -2.23. The van der Waals surface area contributed by atoms with Crippen molar-refractivity contribution in [3.63, 3.8) is 0 Å². The Kier molecular flexibility index (Phi) is 3.51. The fraction of sp³-hybridized carbons (Fsp3) is 0.154. The fourth-order valence-corrected chi connectivity index (χ4v) is 2.25. The fourth-order valence-electron chi connectivity index (χ4n) is 2.25. The average Bonchev–Trinajstić information content (AvgIpc) is 2.94. The maximum Gasteiger partial charge on any atom is 0.434 e. The first-order chi connectivity index (χ1) is 11.5. The van der Waals surface area contributed by atoms with Crippen molar-refractivity contribution in [3.8, 4) is 5.69 Å². The number of alkyl halides is 6. The van der Waals surface area contributed by atoms with Crippen LogP contribution < -0.4 is 11.2 Å². The van der Waals surface area contributed by atoms with Crippen LogP contribution in [0.1, 0.15) is 11.3 Å². The van der Waals surface area contributed by atoms with E-state index in [-0.39, 0.29) is 5.39 Å². The van der Waals surface area contributed by atoms with Gasteiger partial charge in [0.2, 0.25) is 0 Å². The zero-order valence-electron chi connectivity index (χ0n) is 11.8. The van der Waals surface area contributed by atoms with Gasteiger partial charge in [0, 0.05) is 6.20 Å². The largest absolute Gasteiger partial charge is 0.434 e. The number of fused-ring (bicyclic) bond motifs is 1. The van der Waals surface area contributed by atoms with Crippen LogP contribution in [0.2, 0.25) is 0 Å². The van der Waals surface area contributed by atoms with E-state index in [0.29, 0.717) is 23.2 Å². The van der Waals surface area contributed by atoms with Gasteiger partial charge in [0.05, 0.1) is 28.5 Å². The molecule has 0 aliphatic rings. The van der Waals surface area contributed by atoms with Gasteiger partial charge in [-0.25, -0.2) is 9.78 Å². The zero-order chi connectivity index (χ0) is 18.6.